The highest BCUT2D eigenvalue weighted by atomic mass is 32.2. The van der Waals surface area contributed by atoms with Crippen molar-refractivity contribution in [1.29, 1.82) is 0 Å². The molecular formula is C24H37N3O5S. The minimum atomic E-state index is -3.73. The Morgan fingerprint density at radius 2 is 1.73 bits per heavy atom. The minimum absolute atomic E-state index is 0.0648. The molecule has 1 heterocycles. The number of amides is 2. The van der Waals surface area contributed by atoms with Crippen LogP contribution < -0.4 is 15.4 Å². The molecule has 0 radical (unpaired) electrons. The van der Waals surface area contributed by atoms with Gasteiger partial charge in [-0.1, -0.05) is 12.8 Å². The first-order valence-electron chi connectivity index (χ1n) is 11.9. The highest BCUT2D eigenvalue weighted by Crippen LogP contribution is 2.42. The lowest BCUT2D eigenvalue weighted by Gasteiger charge is -2.29. The molecule has 1 aromatic rings. The monoisotopic (exact) mass is 479 g/mol. The Bertz CT molecular complexity index is 972. The Balaban J connectivity index is 1.85. The normalized spacial score (nSPS) is 18.8. The molecule has 0 atom stereocenters. The van der Waals surface area contributed by atoms with Gasteiger partial charge in [-0.3, -0.25) is 9.59 Å². The molecule has 9 heteroatoms. The van der Waals surface area contributed by atoms with Crippen LogP contribution in [0, 0.1) is 5.41 Å². The second kappa shape index (κ2) is 10.0. The van der Waals surface area contributed by atoms with Crippen LogP contribution in [0.3, 0.4) is 0 Å². The van der Waals surface area contributed by atoms with Gasteiger partial charge < -0.3 is 15.4 Å². The zero-order valence-electron chi connectivity index (χ0n) is 20.2. The van der Waals surface area contributed by atoms with Crippen molar-refractivity contribution in [2.24, 2.45) is 5.41 Å². The average Bonchev–Trinajstić information content (AvgIpc) is 3.41. The zero-order chi connectivity index (χ0) is 24.3. The number of nitrogens with one attached hydrogen (secondary N) is 2. The second-order valence-corrected chi connectivity index (χ2v) is 12.0. The maximum Gasteiger partial charge on any atom is 0.246 e. The molecule has 1 saturated heterocycles. The lowest BCUT2D eigenvalue weighted by atomic mass is 9.81. The first-order valence-corrected chi connectivity index (χ1v) is 13.3. The molecule has 33 heavy (non-hydrogen) atoms. The Morgan fingerprint density at radius 3 is 2.30 bits per heavy atom. The summed E-state index contributed by atoms with van der Waals surface area (Å²) in [5.74, 6) is -0.108. The van der Waals surface area contributed by atoms with Gasteiger partial charge in [0.1, 0.15) is 10.6 Å². The molecule has 1 aliphatic heterocycles. The van der Waals surface area contributed by atoms with Gasteiger partial charge in [0.15, 0.2) is 0 Å². The van der Waals surface area contributed by atoms with E-state index in [-0.39, 0.29) is 34.4 Å². The van der Waals surface area contributed by atoms with Crippen molar-refractivity contribution in [3.8, 4) is 5.75 Å². The van der Waals surface area contributed by atoms with Crippen LogP contribution in [-0.2, 0) is 19.6 Å². The molecule has 1 aliphatic carbocycles. The third-order valence-electron chi connectivity index (χ3n) is 6.24. The summed E-state index contributed by atoms with van der Waals surface area (Å²) in [7, 11) is -3.73. The quantitative estimate of drug-likeness (QED) is 0.592. The molecule has 0 unspecified atom stereocenters. The molecule has 0 bridgehead atoms. The van der Waals surface area contributed by atoms with Gasteiger partial charge >= 0.3 is 0 Å². The van der Waals surface area contributed by atoms with E-state index in [2.05, 4.69) is 10.6 Å². The fourth-order valence-corrected chi connectivity index (χ4v) is 6.37. The van der Waals surface area contributed by atoms with Crippen molar-refractivity contribution >= 4 is 27.5 Å². The predicted molar refractivity (Wildman–Crippen MR) is 128 cm³/mol. The third-order valence-corrected chi connectivity index (χ3v) is 8.16. The number of hydrogen-bond donors (Lipinski definition) is 2. The van der Waals surface area contributed by atoms with Gasteiger partial charge in [0, 0.05) is 30.7 Å². The highest BCUT2D eigenvalue weighted by Gasteiger charge is 2.43. The second-order valence-electron chi connectivity index (χ2n) is 10.1. The Labute approximate surface area is 197 Å². The summed E-state index contributed by atoms with van der Waals surface area (Å²) in [5, 5.41) is 5.86. The largest absolute Gasteiger partial charge is 0.492 e. The van der Waals surface area contributed by atoms with Crippen LogP contribution in [0.2, 0.25) is 0 Å². The van der Waals surface area contributed by atoms with Gasteiger partial charge in [-0.15, -0.1) is 0 Å². The van der Waals surface area contributed by atoms with Crippen LogP contribution in [0.25, 0.3) is 0 Å². The van der Waals surface area contributed by atoms with E-state index in [0.717, 1.165) is 25.7 Å². The first kappa shape index (κ1) is 25.5. The number of hydrogen-bond acceptors (Lipinski definition) is 5. The van der Waals surface area contributed by atoms with Crippen LogP contribution in [-0.4, -0.2) is 49.8 Å². The van der Waals surface area contributed by atoms with Crippen molar-refractivity contribution in [2.45, 2.75) is 83.1 Å². The van der Waals surface area contributed by atoms with E-state index in [9.17, 15) is 18.0 Å². The van der Waals surface area contributed by atoms with E-state index >= 15 is 0 Å². The number of ether oxygens (including phenoxy) is 1. The number of anilines is 1. The van der Waals surface area contributed by atoms with Crippen LogP contribution in [0.4, 0.5) is 5.69 Å². The first-order chi connectivity index (χ1) is 15.5. The van der Waals surface area contributed by atoms with Crippen LogP contribution in [0.5, 0.6) is 5.75 Å². The third kappa shape index (κ3) is 6.06. The summed E-state index contributed by atoms with van der Waals surface area (Å²) >= 11 is 0. The SMILES string of the molecule is CCOc1ccc(NC(=O)C2(CC(=O)NC(C)(C)C)CCCC2)cc1S(=O)(=O)N1CCCC1. The topological polar surface area (TPSA) is 105 Å². The standard InChI is InChI=1S/C24H37N3O5S/c1-5-32-19-11-10-18(16-20(19)33(30,31)27-14-8-9-15-27)25-22(29)24(12-6-7-13-24)17-21(28)26-23(2,3)4/h10-11,16H,5-9,12-15,17H2,1-4H3,(H,25,29)(H,26,28). The van der Waals surface area contributed by atoms with E-state index in [0.29, 0.717) is 38.2 Å². The van der Waals surface area contributed by atoms with Gasteiger partial charge in [0.2, 0.25) is 21.8 Å². The zero-order valence-corrected chi connectivity index (χ0v) is 21.0. The summed E-state index contributed by atoms with van der Waals surface area (Å²) in [6.45, 7) is 8.83. The molecule has 3 rings (SSSR count). The van der Waals surface area contributed by atoms with E-state index in [1.807, 2.05) is 20.8 Å². The number of nitrogens with zero attached hydrogens (tertiary/aromatic N) is 1. The molecule has 0 spiro atoms. The molecule has 2 fully saturated rings. The number of sulfonamides is 1. The van der Waals surface area contributed by atoms with Crippen LogP contribution >= 0.6 is 0 Å². The summed E-state index contributed by atoms with van der Waals surface area (Å²) in [6, 6.07) is 4.73. The summed E-state index contributed by atoms with van der Waals surface area (Å²) in [6.07, 6.45) is 4.81. The number of rotatable bonds is 8. The molecule has 0 aromatic heterocycles. The number of carbonyl (C=O) groups is 2. The fourth-order valence-electron chi connectivity index (χ4n) is 4.70. The minimum Gasteiger partial charge on any atom is -0.492 e. The molecule has 184 valence electrons. The van der Waals surface area contributed by atoms with E-state index in [1.54, 1.807) is 19.1 Å². The van der Waals surface area contributed by atoms with E-state index in [4.69, 9.17) is 4.74 Å². The van der Waals surface area contributed by atoms with Gasteiger partial charge in [-0.2, -0.15) is 4.31 Å². The van der Waals surface area contributed by atoms with Crippen molar-refractivity contribution in [2.75, 3.05) is 25.0 Å². The highest BCUT2D eigenvalue weighted by molar-refractivity contribution is 7.89. The van der Waals surface area contributed by atoms with Crippen LogP contribution in [0.1, 0.15) is 72.6 Å². The Hall–Kier alpha value is -2.13. The molecule has 2 amide bonds. The van der Waals surface area contributed by atoms with Crippen molar-refractivity contribution in [1.82, 2.24) is 9.62 Å². The lowest BCUT2D eigenvalue weighted by molar-refractivity contribution is -0.133. The smallest absolute Gasteiger partial charge is 0.246 e. The molecule has 1 aromatic carbocycles. The van der Waals surface area contributed by atoms with Crippen molar-refractivity contribution in [3.63, 3.8) is 0 Å². The summed E-state index contributed by atoms with van der Waals surface area (Å²) < 4.78 is 33.5. The summed E-state index contributed by atoms with van der Waals surface area (Å²) in [4.78, 5) is 26.1. The van der Waals surface area contributed by atoms with Gasteiger partial charge in [0.05, 0.1) is 12.0 Å². The Morgan fingerprint density at radius 1 is 1.09 bits per heavy atom. The predicted octanol–water partition coefficient (Wildman–Crippen LogP) is 3.67. The van der Waals surface area contributed by atoms with Gasteiger partial charge in [0.25, 0.3) is 0 Å². The van der Waals surface area contributed by atoms with Gasteiger partial charge in [-0.05, 0) is 71.6 Å². The van der Waals surface area contributed by atoms with E-state index < -0.39 is 15.4 Å². The van der Waals surface area contributed by atoms with Gasteiger partial charge in [-0.25, -0.2) is 8.42 Å². The molecule has 2 N–H and O–H groups in total. The molecular weight excluding hydrogens is 442 g/mol. The average molecular weight is 480 g/mol. The van der Waals surface area contributed by atoms with Crippen molar-refractivity contribution in [3.05, 3.63) is 18.2 Å². The van der Waals surface area contributed by atoms with E-state index in [1.165, 1.54) is 10.4 Å². The molecule has 1 saturated carbocycles. The Kier molecular flexibility index (Phi) is 7.73. The van der Waals surface area contributed by atoms with Crippen molar-refractivity contribution < 1.29 is 22.7 Å². The number of carbonyl (C=O) groups excluding carboxylic acids is 2. The molecule has 2 aliphatic rings. The summed E-state index contributed by atoms with van der Waals surface area (Å²) in [5.41, 5.74) is -0.771. The number of benzene rings is 1. The fraction of sp³-hybridized carbons (Fsp3) is 0.667. The van der Waals surface area contributed by atoms with Crippen LogP contribution in [0.15, 0.2) is 23.1 Å². The molecule has 8 nitrogen and oxygen atoms in total. The maximum absolute atomic E-state index is 13.4. The lowest BCUT2D eigenvalue weighted by Crippen LogP contribution is -2.45. The maximum atomic E-state index is 13.4.